The van der Waals surface area contributed by atoms with Gasteiger partial charge in [-0.25, -0.2) is 0 Å². The van der Waals surface area contributed by atoms with Crippen LogP contribution < -0.4 is 14.8 Å². The summed E-state index contributed by atoms with van der Waals surface area (Å²) >= 11 is 0. The molecule has 8 heteroatoms. The Morgan fingerprint density at radius 1 is 1.14 bits per heavy atom. The molecule has 0 unspecified atom stereocenters. The van der Waals surface area contributed by atoms with Crippen molar-refractivity contribution in [3.8, 4) is 11.5 Å². The molecule has 0 aliphatic carbocycles. The summed E-state index contributed by atoms with van der Waals surface area (Å²) in [5.41, 5.74) is 1.01. The van der Waals surface area contributed by atoms with Gasteiger partial charge in [-0.2, -0.15) is 0 Å². The number of methoxy groups -OCH3 is 1. The standard InChI is InChI=1S/C20H17N3O5/c1-27-18-9-8-15(11-19(18)28-13-14-5-4-10-21-12-14)22-20(24)16-6-2-3-7-17(16)23(25)26/h2-12H,13H2,1H3,(H,22,24). The van der Waals surface area contributed by atoms with Gasteiger partial charge in [-0.3, -0.25) is 19.9 Å². The Morgan fingerprint density at radius 2 is 1.96 bits per heavy atom. The maximum absolute atomic E-state index is 12.5. The fourth-order valence-electron chi connectivity index (χ4n) is 2.54. The Labute approximate surface area is 160 Å². The number of ether oxygens (including phenoxy) is 2. The van der Waals surface area contributed by atoms with Gasteiger partial charge < -0.3 is 14.8 Å². The molecule has 0 bridgehead atoms. The third kappa shape index (κ3) is 4.42. The van der Waals surface area contributed by atoms with Gasteiger partial charge in [0.2, 0.25) is 0 Å². The van der Waals surface area contributed by atoms with Gasteiger partial charge in [-0.15, -0.1) is 0 Å². The number of nitrogens with one attached hydrogen (secondary N) is 1. The van der Waals surface area contributed by atoms with E-state index in [0.717, 1.165) is 5.56 Å². The summed E-state index contributed by atoms with van der Waals surface area (Å²) < 4.78 is 11.1. The van der Waals surface area contributed by atoms with Gasteiger partial charge in [0.1, 0.15) is 12.2 Å². The lowest BCUT2D eigenvalue weighted by Gasteiger charge is -2.13. The SMILES string of the molecule is COc1ccc(NC(=O)c2ccccc2[N+](=O)[O-])cc1OCc1cccnc1. The quantitative estimate of drug-likeness (QED) is 0.494. The van der Waals surface area contributed by atoms with Gasteiger partial charge in [0.25, 0.3) is 11.6 Å². The first-order valence-electron chi connectivity index (χ1n) is 8.33. The van der Waals surface area contributed by atoms with E-state index >= 15 is 0 Å². The third-order valence-electron chi connectivity index (χ3n) is 3.88. The molecule has 0 spiro atoms. The van der Waals surface area contributed by atoms with Crippen molar-refractivity contribution in [3.63, 3.8) is 0 Å². The summed E-state index contributed by atoms with van der Waals surface area (Å²) in [6.07, 6.45) is 3.36. The third-order valence-corrected chi connectivity index (χ3v) is 3.88. The van der Waals surface area contributed by atoms with Gasteiger partial charge in [0.05, 0.1) is 12.0 Å². The van der Waals surface area contributed by atoms with Gasteiger partial charge >= 0.3 is 0 Å². The van der Waals surface area contributed by atoms with E-state index in [-0.39, 0.29) is 17.9 Å². The molecule has 142 valence electrons. The average molecular weight is 379 g/mol. The Morgan fingerprint density at radius 3 is 2.68 bits per heavy atom. The molecule has 0 radical (unpaired) electrons. The number of benzene rings is 2. The minimum atomic E-state index is -0.592. The van der Waals surface area contributed by atoms with Gasteiger partial charge in [-0.05, 0) is 24.3 Å². The molecule has 3 aromatic rings. The van der Waals surface area contributed by atoms with E-state index in [1.165, 1.54) is 25.3 Å². The lowest BCUT2D eigenvalue weighted by Crippen LogP contribution is -2.14. The average Bonchev–Trinajstić information content (AvgIpc) is 2.73. The molecule has 1 heterocycles. The predicted molar refractivity (Wildman–Crippen MR) is 103 cm³/mol. The van der Waals surface area contributed by atoms with E-state index in [1.807, 2.05) is 6.07 Å². The van der Waals surface area contributed by atoms with Crippen LogP contribution in [0.3, 0.4) is 0 Å². The number of para-hydroxylation sites is 1. The smallest absolute Gasteiger partial charge is 0.282 e. The first-order chi connectivity index (χ1) is 13.6. The first-order valence-corrected chi connectivity index (χ1v) is 8.33. The molecule has 2 aromatic carbocycles. The molecule has 1 aromatic heterocycles. The van der Waals surface area contributed by atoms with Crippen LogP contribution in [0.1, 0.15) is 15.9 Å². The van der Waals surface area contributed by atoms with E-state index in [2.05, 4.69) is 10.3 Å². The van der Waals surface area contributed by atoms with Gasteiger partial charge in [0, 0.05) is 35.8 Å². The van der Waals surface area contributed by atoms with Crippen LogP contribution in [0.4, 0.5) is 11.4 Å². The number of pyridine rings is 1. The van der Waals surface area contributed by atoms with Crippen molar-refractivity contribution in [3.05, 3.63) is 88.2 Å². The topological polar surface area (TPSA) is 104 Å². The van der Waals surface area contributed by atoms with Crippen molar-refractivity contribution in [2.24, 2.45) is 0 Å². The monoisotopic (exact) mass is 379 g/mol. The first kappa shape index (κ1) is 18.8. The van der Waals surface area contributed by atoms with Crippen LogP contribution in [0.2, 0.25) is 0 Å². The second kappa shape index (κ2) is 8.63. The highest BCUT2D eigenvalue weighted by atomic mass is 16.6. The summed E-state index contributed by atoms with van der Waals surface area (Å²) in [5.74, 6) is 0.329. The zero-order valence-electron chi connectivity index (χ0n) is 15.0. The molecule has 1 N–H and O–H groups in total. The number of aromatic nitrogens is 1. The largest absolute Gasteiger partial charge is 0.493 e. The van der Waals surface area contributed by atoms with Crippen molar-refractivity contribution < 1.29 is 19.2 Å². The zero-order chi connectivity index (χ0) is 19.9. The molecule has 0 atom stereocenters. The minimum absolute atomic E-state index is 0.0267. The molecule has 1 amide bonds. The van der Waals surface area contributed by atoms with Crippen LogP contribution in [-0.2, 0) is 6.61 Å². The molecule has 0 aliphatic rings. The number of anilines is 1. The van der Waals surface area contributed by atoms with E-state index in [0.29, 0.717) is 17.2 Å². The van der Waals surface area contributed by atoms with Crippen molar-refractivity contribution in [1.82, 2.24) is 4.98 Å². The molecule has 0 saturated carbocycles. The van der Waals surface area contributed by atoms with Crippen LogP contribution in [0.5, 0.6) is 11.5 Å². The van der Waals surface area contributed by atoms with Crippen LogP contribution in [0.15, 0.2) is 67.0 Å². The van der Waals surface area contributed by atoms with Crippen LogP contribution in [0.25, 0.3) is 0 Å². The number of carbonyl (C=O) groups excluding carboxylic acids is 1. The lowest BCUT2D eigenvalue weighted by molar-refractivity contribution is -0.385. The molecule has 0 saturated heterocycles. The molecule has 0 aliphatic heterocycles. The number of carbonyl (C=O) groups is 1. The molecule has 8 nitrogen and oxygen atoms in total. The van der Waals surface area contributed by atoms with Crippen LogP contribution >= 0.6 is 0 Å². The van der Waals surface area contributed by atoms with E-state index in [4.69, 9.17) is 9.47 Å². The van der Waals surface area contributed by atoms with Gasteiger partial charge in [0.15, 0.2) is 11.5 Å². The van der Waals surface area contributed by atoms with Crippen LogP contribution in [0, 0.1) is 10.1 Å². The highest BCUT2D eigenvalue weighted by Crippen LogP contribution is 2.31. The molecule has 28 heavy (non-hydrogen) atoms. The fourth-order valence-corrected chi connectivity index (χ4v) is 2.54. The number of nitrogens with zero attached hydrogens (tertiary/aromatic N) is 2. The summed E-state index contributed by atoms with van der Waals surface area (Å²) in [5, 5.41) is 13.8. The van der Waals surface area contributed by atoms with Crippen molar-refractivity contribution in [2.45, 2.75) is 6.61 Å². The Kier molecular flexibility index (Phi) is 5.81. The number of hydrogen-bond acceptors (Lipinski definition) is 6. The van der Waals surface area contributed by atoms with Crippen molar-refractivity contribution in [2.75, 3.05) is 12.4 Å². The molecular weight excluding hydrogens is 362 g/mol. The van der Waals surface area contributed by atoms with E-state index in [1.54, 1.807) is 42.7 Å². The number of hydrogen-bond donors (Lipinski definition) is 1. The maximum atomic E-state index is 12.5. The number of amides is 1. The second-order valence-electron chi connectivity index (χ2n) is 5.74. The highest BCUT2D eigenvalue weighted by molar-refractivity contribution is 6.07. The van der Waals surface area contributed by atoms with E-state index in [9.17, 15) is 14.9 Å². The van der Waals surface area contributed by atoms with Crippen LogP contribution in [-0.4, -0.2) is 22.9 Å². The number of rotatable bonds is 7. The van der Waals surface area contributed by atoms with Crippen molar-refractivity contribution in [1.29, 1.82) is 0 Å². The van der Waals surface area contributed by atoms with Gasteiger partial charge in [-0.1, -0.05) is 18.2 Å². The molecular formula is C20H17N3O5. The van der Waals surface area contributed by atoms with E-state index < -0.39 is 10.8 Å². The summed E-state index contributed by atoms with van der Waals surface area (Å²) in [6.45, 7) is 0.270. The summed E-state index contributed by atoms with van der Waals surface area (Å²) in [6, 6.07) is 14.3. The number of nitro benzene ring substituents is 1. The Bertz CT molecular complexity index is 992. The van der Waals surface area contributed by atoms with Crippen molar-refractivity contribution >= 4 is 17.3 Å². The predicted octanol–water partition coefficient (Wildman–Crippen LogP) is 3.83. The summed E-state index contributed by atoms with van der Waals surface area (Å²) in [4.78, 5) is 27.0. The summed E-state index contributed by atoms with van der Waals surface area (Å²) in [7, 11) is 1.51. The lowest BCUT2D eigenvalue weighted by atomic mass is 10.1. The minimum Gasteiger partial charge on any atom is -0.493 e. The Balaban J connectivity index is 1.79. The maximum Gasteiger partial charge on any atom is 0.282 e. The molecule has 3 rings (SSSR count). The fraction of sp³-hybridized carbons (Fsp3) is 0.100. The number of nitro groups is 1. The zero-order valence-corrected chi connectivity index (χ0v) is 15.0. The highest BCUT2D eigenvalue weighted by Gasteiger charge is 2.19. The second-order valence-corrected chi connectivity index (χ2v) is 5.74. The Hall–Kier alpha value is -3.94. The molecule has 0 fully saturated rings. The normalized spacial score (nSPS) is 10.2.